The predicted molar refractivity (Wildman–Crippen MR) is 178 cm³/mol. The van der Waals surface area contributed by atoms with Crippen molar-refractivity contribution in [3.63, 3.8) is 0 Å². The Kier molecular flexibility index (Phi) is 15.0. The lowest BCUT2D eigenvalue weighted by atomic mass is 10.2. The van der Waals surface area contributed by atoms with Crippen molar-refractivity contribution in [2.24, 2.45) is 0 Å². The van der Waals surface area contributed by atoms with Crippen LogP contribution in [0.25, 0.3) is 11.0 Å². The third kappa shape index (κ3) is 15.2. The van der Waals surface area contributed by atoms with Gasteiger partial charge in [-0.2, -0.15) is 21.6 Å². The van der Waals surface area contributed by atoms with Gasteiger partial charge in [0.15, 0.2) is 0 Å². The summed E-state index contributed by atoms with van der Waals surface area (Å²) < 4.78 is 80.4. The maximum atomic E-state index is 12.6. The fourth-order valence-corrected chi connectivity index (χ4v) is 4.64. The Morgan fingerprint density at radius 2 is 1.47 bits per heavy atom. The van der Waals surface area contributed by atoms with Crippen LogP contribution in [0.3, 0.4) is 0 Å². The lowest BCUT2D eigenvalue weighted by Gasteiger charge is -2.25. The van der Waals surface area contributed by atoms with Crippen LogP contribution in [0.2, 0.25) is 0 Å². The lowest BCUT2D eigenvalue weighted by Crippen LogP contribution is -2.47. The van der Waals surface area contributed by atoms with E-state index in [-0.39, 0.29) is 24.4 Å². The molecule has 17 heteroatoms. The van der Waals surface area contributed by atoms with Crippen LogP contribution >= 0.6 is 0 Å². The largest absolute Gasteiger partial charge is 0.465 e. The zero-order valence-corrected chi connectivity index (χ0v) is 29.3. The lowest BCUT2D eigenvalue weighted by molar-refractivity contribution is -0.141. The summed E-state index contributed by atoms with van der Waals surface area (Å²) in [5.74, 6) is -0.391. The minimum atomic E-state index is -4.41. The number of terminal acetylenes is 1. The second-order valence-corrected chi connectivity index (χ2v) is 13.6. The van der Waals surface area contributed by atoms with Crippen LogP contribution in [-0.2, 0) is 41.9 Å². The molecule has 1 heterocycles. The number of hydrogen-bond acceptors (Lipinski definition) is 9. The van der Waals surface area contributed by atoms with E-state index in [9.17, 15) is 36.0 Å². The number of aryl methyl sites for hydroxylation is 1. The molecule has 0 bridgehead atoms. The first-order valence-corrected chi connectivity index (χ1v) is 16.0. The van der Waals surface area contributed by atoms with Crippen LogP contribution in [0.1, 0.15) is 65.4 Å². The minimum absolute atomic E-state index is 0.0327. The van der Waals surface area contributed by atoms with Gasteiger partial charge in [-0.25, -0.2) is 23.6 Å². The molecule has 49 heavy (non-hydrogen) atoms. The van der Waals surface area contributed by atoms with Crippen LogP contribution in [0.5, 0.6) is 0 Å². The van der Waals surface area contributed by atoms with E-state index >= 15 is 0 Å². The topological polar surface area (TPSA) is 169 Å². The number of nitrogens with zero attached hydrogens (tertiary/aromatic N) is 2. The molecule has 3 aromatic rings. The summed E-state index contributed by atoms with van der Waals surface area (Å²) in [5, 5.41) is 2.48. The highest BCUT2D eigenvalue weighted by Crippen LogP contribution is 2.31. The van der Waals surface area contributed by atoms with Gasteiger partial charge in [-0.15, -0.1) is 12.8 Å². The van der Waals surface area contributed by atoms with Crippen molar-refractivity contribution >= 4 is 45.1 Å². The van der Waals surface area contributed by atoms with Crippen LogP contribution < -0.4 is 14.3 Å². The molecule has 2 amide bonds. The van der Waals surface area contributed by atoms with Crippen molar-refractivity contribution in [2.75, 3.05) is 17.5 Å². The molecular weight excluding hydrogens is 671 g/mol. The zero-order valence-electron chi connectivity index (χ0n) is 28.5. The molecule has 0 radical (unpaired) electrons. The molecule has 0 fully saturated rings. The van der Waals surface area contributed by atoms with Crippen molar-refractivity contribution in [1.82, 2.24) is 20.0 Å². The summed E-state index contributed by atoms with van der Waals surface area (Å²) >= 11 is 0. The molecule has 0 aliphatic rings. The van der Waals surface area contributed by atoms with E-state index in [1.165, 1.54) is 18.2 Å². The number of H-pyrrole nitrogens is 1. The number of anilines is 1. The number of carbonyl (C=O) groups excluding carboxylic acids is 3. The van der Waals surface area contributed by atoms with Crippen LogP contribution in [0.4, 0.5) is 28.4 Å². The first kappa shape index (κ1) is 42.0. The van der Waals surface area contributed by atoms with Crippen LogP contribution in [0.15, 0.2) is 42.5 Å². The molecule has 0 spiro atoms. The van der Waals surface area contributed by atoms with Gasteiger partial charge in [-0.3, -0.25) is 4.79 Å². The molecule has 1 aromatic heterocycles. The first-order chi connectivity index (χ1) is 22.5. The van der Waals surface area contributed by atoms with Gasteiger partial charge in [0.2, 0.25) is 0 Å². The minimum Gasteiger partial charge on any atom is -0.465 e. The normalized spacial score (nSPS) is 11.5. The number of esters is 1. The molecule has 0 saturated carbocycles. The number of hydrogen-bond donors (Lipinski definition) is 3. The molecule has 3 N–H and O–H groups in total. The SMILES string of the molecule is C#C.CC(C)(C)OC(=O)NCc1nc2ccc(C(F)(F)F)cc2[nH]1.CCOC(=O)CN(c1ccc(C)cc1)S(=O)(=O)NC(=O)OC(C)(C)C. The Bertz CT molecular complexity index is 1690. The molecule has 0 saturated heterocycles. The fraction of sp³-hybridized carbons (Fsp3) is 0.438. The standard InChI is InChI=1S/C16H24N2O6S.C14H16F3N3O2.C2H2/c1-6-23-14(19)11-18(13-9-7-12(2)8-10-13)25(21,22)17-15(20)24-16(3,4)5;1-13(2,3)22-12(21)18-7-11-19-9-5-4-8(14(15,16)17)6-10(9)20-11;1-2/h7-10H,6,11H2,1-5H3,(H,17,20);4-6H,7H2,1-3H3,(H,18,21)(H,19,20);1-2H. The molecule has 0 unspecified atom stereocenters. The number of amides is 2. The predicted octanol–water partition coefficient (Wildman–Crippen LogP) is 5.99. The van der Waals surface area contributed by atoms with Crippen molar-refractivity contribution in [2.45, 2.75) is 79.3 Å². The Morgan fingerprint density at radius 1 is 0.918 bits per heavy atom. The molecule has 0 aliphatic heterocycles. The van der Waals surface area contributed by atoms with E-state index in [0.717, 1.165) is 22.0 Å². The summed E-state index contributed by atoms with van der Waals surface area (Å²) in [7, 11) is -4.37. The number of fused-ring (bicyclic) bond motifs is 1. The molecule has 270 valence electrons. The van der Waals surface area contributed by atoms with E-state index < -0.39 is 57.9 Å². The van der Waals surface area contributed by atoms with E-state index in [1.54, 1.807) is 65.3 Å². The number of alkyl halides is 3. The van der Waals surface area contributed by atoms with E-state index in [1.807, 2.05) is 6.92 Å². The van der Waals surface area contributed by atoms with Crippen molar-refractivity contribution in [3.05, 3.63) is 59.4 Å². The van der Waals surface area contributed by atoms with Gasteiger partial charge in [-0.1, -0.05) is 17.7 Å². The molecule has 2 aromatic carbocycles. The third-order valence-electron chi connectivity index (χ3n) is 5.46. The summed E-state index contributed by atoms with van der Waals surface area (Å²) in [6.07, 6.45) is 1.84. The number of imidazole rings is 1. The highest BCUT2D eigenvalue weighted by atomic mass is 32.2. The molecule has 13 nitrogen and oxygen atoms in total. The number of alkyl carbamates (subject to hydrolysis) is 1. The summed E-state index contributed by atoms with van der Waals surface area (Å²) in [6.45, 7) is 13.0. The van der Waals surface area contributed by atoms with Crippen molar-refractivity contribution in [1.29, 1.82) is 0 Å². The Labute approximate surface area is 284 Å². The van der Waals surface area contributed by atoms with Gasteiger partial charge < -0.3 is 24.5 Å². The monoisotopic (exact) mass is 713 g/mol. The number of halogens is 3. The number of nitrogens with one attached hydrogen (secondary N) is 3. The summed E-state index contributed by atoms with van der Waals surface area (Å²) in [5.41, 5.74) is -0.457. The average molecular weight is 714 g/mol. The number of ether oxygens (including phenoxy) is 3. The maximum absolute atomic E-state index is 12.6. The highest BCUT2D eigenvalue weighted by Gasteiger charge is 2.31. The van der Waals surface area contributed by atoms with Gasteiger partial charge in [0.05, 0.1) is 35.4 Å². The molecule has 0 atom stereocenters. The van der Waals surface area contributed by atoms with Gasteiger partial charge >= 0.3 is 34.5 Å². The van der Waals surface area contributed by atoms with E-state index in [4.69, 9.17) is 14.2 Å². The molecular formula is C32H42F3N5O8S. The number of carbonyl (C=O) groups is 3. The molecule has 0 aliphatic carbocycles. The van der Waals surface area contributed by atoms with E-state index in [0.29, 0.717) is 11.3 Å². The number of benzene rings is 2. The Hall–Kier alpha value is -4.98. The number of aromatic amines is 1. The van der Waals surface area contributed by atoms with Gasteiger partial charge in [0, 0.05) is 0 Å². The van der Waals surface area contributed by atoms with Gasteiger partial charge in [-0.05, 0) is 85.7 Å². The first-order valence-electron chi connectivity index (χ1n) is 14.6. The van der Waals surface area contributed by atoms with Crippen molar-refractivity contribution in [3.8, 4) is 12.8 Å². The average Bonchev–Trinajstić information content (AvgIpc) is 3.37. The fourth-order valence-electron chi connectivity index (χ4n) is 3.60. The van der Waals surface area contributed by atoms with Crippen LogP contribution in [0, 0.1) is 19.8 Å². The van der Waals surface area contributed by atoms with E-state index in [2.05, 4.69) is 28.1 Å². The third-order valence-corrected chi connectivity index (χ3v) is 6.80. The zero-order chi connectivity index (χ0) is 37.8. The Balaban J connectivity index is 0.000000469. The summed E-state index contributed by atoms with van der Waals surface area (Å²) in [6, 6.07) is 9.68. The second-order valence-electron chi connectivity index (χ2n) is 12.0. The molecule has 3 rings (SSSR count). The Morgan fingerprint density at radius 3 is 1.98 bits per heavy atom. The highest BCUT2D eigenvalue weighted by molar-refractivity contribution is 7.91. The van der Waals surface area contributed by atoms with Gasteiger partial charge in [0.1, 0.15) is 23.6 Å². The quantitative estimate of drug-likeness (QED) is 0.144. The second kappa shape index (κ2) is 17.4. The maximum Gasteiger partial charge on any atom is 0.422 e. The van der Waals surface area contributed by atoms with Crippen LogP contribution in [-0.4, -0.2) is 60.9 Å². The smallest absolute Gasteiger partial charge is 0.422 e. The number of rotatable bonds is 8. The van der Waals surface area contributed by atoms with Gasteiger partial charge in [0.25, 0.3) is 0 Å². The summed E-state index contributed by atoms with van der Waals surface area (Å²) in [4.78, 5) is 42.0. The van der Waals surface area contributed by atoms with Crippen molar-refractivity contribution < 1.29 is 50.2 Å². The number of aromatic nitrogens is 2.